The normalized spacial score (nSPS) is 17.6. The number of carbonyl (C=O) groups excluding carboxylic acids is 1. The van der Waals surface area contributed by atoms with Crippen LogP contribution in [0.4, 0.5) is 0 Å². The highest BCUT2D eigenvalue weighted by atomic mass is 16.2. The number of amides is 1. The summed E-state index contributed by atoms with van der Waals surface area (Å²) in [5, 5.41) is 8.46. The molecule has 7 nitrogen and oxygen atoms in total. The van der Waals surface area contributed by atoms with E-state index in [1.54, 1.807) is 17.0 Å². The zero-order chi connectivity index (χ0) is 15.9. The van der Waals surface area contributed by atoms with E-state index in [4.69, 9.17) is 0 Å². The lowest BCUT2D eigenvalue weighted by Crippen LogP contribution is -2.41. The molecule has 0 saturated carbocycles. The van der Waals surface area contributed by atoms with Gasteiger partial charge in [0, 0.05) is 18.5 Å². The van der Waals surface area contributed by atoms with E-state index in [0.29, 0.717) is 18.8 Å². The Labute approximate surface area is 128 Å². The lowest BCUT2D eigenvalue weighted by molar-refractivity contribution is 0.0673. The Kier molecular flexibility index (Phi) is 3.56. The highest BCUT2D eigenvalue weighted by molar-refractivity contribution is 5.92. The van der Waals surface area contributed by atoms with E-state index in [1.807, 2.05) is 6.92 Å². The highest BCUT2D eigenvalue weighted by Gasteiger charge is 2.30. The third kappa shape index (κ3) is 2.43. The topological polar surface area (TPSA) is 83.9 Å². The molecule has 22 heavy (non-hydrogen) atoms. The monoisotopic (exact) mass is 301 g/mol. The Balaban J connectivity index is 1.89. The molecule has 0 spiro atoms. The average Bonchev–Trinajstić information content (AvgIpc) is 2.91. The van der Waals surface area contributed by atoms with E-state index in [1.165, 1.54) is 6.07 Å². The molecule has 3 heterocycles. The van der Waals surface area contributed by atoms with Gasteiger partial charge in [-0.1, -0.05) is 19.9 Å². The second-order valence-corrected chi connectivity index (χ2v) is 5.96. The molecule has 3 rings (SSSR count). The molecule has 0 unspecified atom stereocenters. The van der Waals surface area contributed by atoms with Crippen molar-refractivity contribution in [3.63, 3.8) is 0 Å². The van der Waals surface area contributed by atoms with Crippen molar-refractivity contribution < 1.29 is 4.79 Å². The number of fused-ring (bicyclic) bond motifs is 1. The molecule has 1 aliphatic heterocycles. The molecule has 0 aromatic carbocycles. The van der Waals surface area contributed by atoms with Gasteiger partial charge in [0.1, 0.15) is 11.5 Å². The molecule has 1 aliphatic rings. The molecular formula is C15H19N5O2. The van der Waals surface area contributed by atoms with Crippen molar-refractivity contribution in [2.75, 3.05) is 6.54 Å². The van der Waals surface area contributed by atoms with Gasteiger partial charge in [0.2, 0.25) is 5.56 Å². The predicted octanol–water partition coefficient (Wildman–Crippen LogP) is 1.31. The Hall–Kier alpha value is -2.44. The lowest BCUT2D eigenvalue weighted by Gasteiger charge is -2.32. The largest absolute Gasteiger partial charge is 0.328 e. The maximum atomic E-state index is 12.5. The van der Waals surface area contributed by atoms with E-state index in [9.17, 15) is 9.59 Å². The van der Waals surface area contributed by atoms with Crippen molar-refractivity contribution >= 4 is 5.91 Å². The van der Waals surface area contributed by atoms with Crippen LogP contribution in [0.25, 0.3) is 0 Å². The van der Waals surface area contributed by atoms with Gasteiger partial charge in [-0.3, -0.25) is 9.59 Å². The zero-order valence-corrected chi connectivity index (χ0v) is 12.9. The van der Waals surface area contributed by atoms with Crippen LogP contribution in [0.3, 0.4) is 0 Å². The number of nitrogens with one attached hydrogen (secondary N) is 1. The molecule has 2 aromatic heterocycles. The summed E-state index contributed by atoms with van der Waals surface area (Å²) in [7, 11) is 0. The quantitative estimate of drug-likeness (QED) is 0.906. The molecule has 0 aliphatic carbocycles. The average molecular weight is 301 g/mol. The summed E-state index contributed by atoms with van der Waals surface area (Å²) in [6.07, 6.45) is 0. The minimum atomic E-state index is -0.277. The first-order valence-corrected chi connectivity index (χ1v) is 7.39. The molecule has 1 N–H and O–H groups in total. The zero-order valence-electron chi connectivity index (χ0n) is 12.9. The number of rotatable bonds is 2. The number of carbonyl (C=O) groups is 1. The van der Waals surface area contributed by atoms with Gasteiger partial charge in [-0.25, -0.2) is 0 Å². The summed E-state index contributed by atoms with van der Waals surface area (Å²) in [4.78, 5) is 28.2. The molecule has 2 aromatic rings. The van der Waals surface area contributed by atoms with Crippen molar-refractivity contribution in [3.05, 3.63) is 45.9 Å². The number of hydrogen-bond donors (Lipinski definition) is 1. The second-order valence-electron chi connectivity index (χ2n) is 5.96. The van der Waals surface area contributed by atoms with Gasteiger partial charge in [0.15, 0.2) is 5.82 Å². The van der Waals surface area contributed by atoms with E-state index in [2.05, 4.69) is 33.6 Å². The summed E-state index contributed by atoms with van der Waals surface area (Å²) in [6, 6.07) is 4.70. The fourth-order valence-corrected chi connectivity index (χ4v) is 2.85. The van der Waals surface area contributed by atoms with E-state index in [0.717, 1.165) is 11.6 Å². The standard InChI is InChI=1S/C15H19N5O2/c1-9(2)14-18-17-12-8-19(7-10(3)20(12)14)15(22)11-5-4-6-13(21)16-11/h4-6,9-10H,7-8H2,1-3H3,(H,16,21)/t10-/m0/s1. The van der Waals surface area contributed by atoms with Crippen LogP contribution < -0.4 is 5.56 Å². The molecule has 0 saturated heterocycles. The Morgan fingerprint density at radius 2 is 2.14 bits per heavy atom. The van der Waals surface area contributed by atoms with Crippen molar-refractivity contribution in [2.45, 2.75) is 39.3 Å². The van der Waals surface area contributed by atoms with Gasteiger partial charge in [-0.2, -0.15) is 0 Å². The third-order valence-electron chi connectivity index (χ3n) is 3.85. The van der Waals surface area contributed by atoms with Crippen LogP contribution in [0.15, 0.2) is 23.0 Å². The van der Waals surface area contributed by atoms with Crippen molar-refractivity contribution in [1.29, 1.82) is 0 Å². The number of aromatic nitrogens is 4. The molecular weight excluding hydrogens is 282 g/mol. The maximum Gasteiger partial charge on any atom is 0.270 e. The van der Waals surface area contributed by atoms with Crippen LogP contribution in [0.5, 0.6) is 0 Å². The Morgan fingerprint density at radius 3 is 2.82 bits per heavy atom. The summed E-state index contributed by atoms with van der Waals surface area (Å²) in [5.41, 5.74) is 0.0258. The Bertz CT molecular complexity index is 761. The Morgan fingerprint density at radius 1 is 1.36 bits per heavy atom. The lowest BCUT2D eigenvalue weighted by atomic mass is 10.1. The summed E-state index contributed by atoms with van der Waals surface area (Å²) < 4.78 is 2.11. The molecule has 1 amide bonds. The first kappa shape index (κ1) is 14.5. The van der Waals surface area contributed by atoms with Gasteiger partial charge in [-0.05, 0) is 13.0 Å². The van der Waals surface area contributed by atoms with Gasteiger partial charge in [0.05, 0.1) is 12.6 Å². The van der Waals surface area contributed by atoms with Gasteiger partial charge < -0.3 is 14.5 Å². The summed E-state index contributed by atoms with van der Waals surface area (Å²) in [6.45, 7) is 7.18. The smallest absolute Gasteiger partial charge is 0.270 e. The molecule has 0 bridgehead atoms. The molecule has 116 valence electrons. The van der Waals surface area contributed by atoms with Crippen LogP contribution in [0.1, 0.15) is 54.9 Å². The highest BCUT2D eigenvalue weighted by Crippen LogP contribution is 2.25. The van der Waals surface area contributed by atoms with Crippen LogP contribution >= 0.6 is 0 Å². The minimum Gasteiger partial charge on any atom is -0.328 e. The molecule has 0 fully saturated rings. The summed E-state index contributed by atoms with van der Waals surface area (Å²) >= 11 is 0. The first-order valence-electron chi connectivity index (χ1n) is 7.39. The van der Waals surface area contributed by atoms with E-state index >= 15 is 0 Å². The number of aromatic amines is 1. The molecule has 0 radical (unpaired) electrons. The van der Waals surface area contributed by atoms with Gasteiger partial charge >= 0.3 is 0 Å². The van der Waals surface area contributed by atoms with Crippen molar-refractivity contribution in [2.24, 2.45) is 0 Å². The predicted molar refractivity (Wildman–Crippen MR) is 80.6 cm³/mol. The van der Waals surface area contributed by atoms with Crippen molar-refractivity contribution in [3.8, 4) is 0 Å². The van der Waals surface area contributed by atoms with Gasteiger partial charge in [0.25, 0.3) is 5.91 Å². The molecule has 1 atom stereocenters. The van der Waals surface area contributed by atoms with Crippen LogP contribution in [-0.2, 0) is 6.54 Å². The number of H-pyrrole nitrogens is 1. The third-order valence-corrected chi connectivity index (χ3v) is 3.85. The maximum absolute atomic E-state index is 12.5. The SMILES string of the molecule is CC(C)c1nnc2n1[C@@H](C)CN(C(=O)c1cccc(=O)[nH]1)C2. The van der Waals surface area contributed by atoms with Crippen molar-refractivity contribution in [1.82, 2.24) is 24.6 Å². The summed E-state index contributed by atoms with van der Waals surface area (Å²) in [5.74, 6) is 1.83. The number of hydrogen-bond acceptors (Lipinski definition) is 4. The number of pyridine rings is 1. The minimum absolute atomic E-state index is 0.107. The van der Waals surface area contributed by atoms with Crippen LogP contribution in [-0.4, -0.2) is 37.1 Å². The van der Waals surface area contributed by atoms with Crippen LogP contribution in [0.2, 0.25) is 0 Å². The van der Waals surface area contributed by atoms with Crippen LogP contribution in [0, 0.1) is 0 Å². The molecule has 7 heteroatoms. The second kappa shape index (κ2) is 5.40. The van der Waals surface area contributed by atoms with E-state index < -0.39 is 0 Å². The fourth-order valence-electron chi connectivity index (χ4n) is 2.85. The number of nitrogens with zero attached hydrogens (tertiary/aromatic N) is 4. The fraction of sp³-hybridized carbons (Fsp3) is 0.467. The van der Waals surface area contributed by atoms with Gasteiger partial charge in [-0.15, -0.1) is 10.2 Å². The first-order chi connectivity index (χ1) is 10.5. The van der Waals surface area contributed by atoms with E-state index in [-0.39, 0.29) is 23.4 Å².